The van der Waals surface area contributed by atoms with E-state index in [-0.39, 0.29) is 39.9 Å². The number of thiocarbonyl (C=S) groups is 2. The van der Waals surface area contributed by atoms with Crippen LogP contribution in [0.2, 0.25) is 0 Å². The van der Waals surface area contributed by atoms with E-state index in [1.54, 1.807) is 48.5 Å². The van der Waals surface area contributed by atoms with Gasteiger partial charge >= 0.3 is 5.97 Å². The number of hydrogen-bond donors (Lipinski definition) is 3. The SMILES string of the molecule is O=C(O)c1ccc(NC(=S)CC(=O)c2ccccc2)c(NC(=S)CC(=O)c2ccccc2)c1. The van der Waals surface area contributed by atoms with Gasteiger partial charge in [-0.3, -0.25) is 9.59 Å². The van der Waals surface area contributed by atoms with Crippen LogP contribution in [0.25, 0.3) is 0 Å². The van der Waals surface area contributed by atoms with E-state index in [1.165, 1.54) is 18.2 Å². The van der Waals surface area contributed by atoms with Crippen molar-refractivity contribution in [2.24, 2.45) is 0 Å². The number of benzene rings is 3. The molecular weight excluding hydrogens is 456 g/mol. The summed E-state index contributed by atoms with van der Waals surface area (Å²) in [5.74, 6) is -1.42. The smallest absolute Gasteiger partial charge is 0.335 e. The normalized spacial score (nSPS) is 10.2. The maximum atomic E-state index is 12.4. The summed E-state index contributed by atoms with van der Waals surface area (Å²) in [6, 6.07) is 21.9. The minimum atomic E-state index is -1.11. The Morgan fingerprint density at radius 3 is 1.55 bits per heavy atom. The second-order valence-electron chi connectivity index (χ2n) is 7.09. The molecule has 0 saturated heterocycles. The minimum Gasteiger partial charge on any atom is -0.478 e. The lowest BCUT2D eigenvalue weighted by atomic mass is 10.1. The predicted octanol–water partition coefficient (Wildman–Crippen LogP) is 5.41. The van der Waals surface area contributed by atoms with Gasteiger partial charge in [-0.2, -0.15) is 0 Å². The molecule has 0 fully saturated rings. The fourth-order valence-electron chi connectivity index (χ4n) is 3.02. The predicted molar refractivity (Wildman–Crippen MR) is 137 cm³/mol. The molecule has 0 unspecified atom stereocenters. The third-order valence-electron chi connectivity index (χ3n) is 4.65. The molecular formula is C25H20N2O4S2. The Labute approximate surface area is 201 Å². The second-order valence-corrected chi connectivity index (χ2v) is 8.08. The minimum absolute atomic E-state index is 0.0175. The Bertz CT molecular complexity index is 1210. The second kappa shape index (κ2) is 11.2. The lowest BCUT2D eigenvalue weighted by Crippen LogP contribution is -2.19. The standard InChI is InChI=1S/C25H20N2O4S2/c28-21(16-7-3-1-4-8-16)14-23(32)26-19-12-11-18(25(30)31)13-20(19)27-24(33)15-22(29)17-9-5-2-6-10-17/h1-13H,14-15H2,(H,26,32)(H,27,33)(H,30,31). The molecule has 6 nitrogen and oxygen atoms in total. The lowest BCUT2D eigenvalue weighted by Gasteiger charge is -2.16. The van der Waals surface area contributed by atoms with Gasteiger partial charge in [-0.1, -0.05) is 85.1 Å². The summed E-state index contributed by atoms with van der Waals surface area (Å²) in [5.41, 5.74) is 1.89. The van der Waals surface area contributed by atoms with Crippen molar-refractivity contribution in [3.63, 3.8) is 0 Å². The molecule has 3 N–H and O–H groups in total. The third-order valence-corrected chi connectivity index (χ3v) is 5.14. The number of anilines is 2. The average Bonchev–Trinajstić information content (AvgIpc) is 2.81. The summed E-state index contributed by atoms with van der Waals surface area (Å²) >= 11 is 10.7. The van der Waals surface area contributed by atoms with Crippen LogP contribution in [0, 0.1) is 0 Å². The number of aromatic carboxylic acids is 1. The van der Waals surface area contributed by atoms with Crippen LogP contribution < -0.4 is 10.6 Å². The van der Waals surface area contributed by atoms with E-state index >= 15 is 0 Å². The zero-order valence-corrected chi connectivity index (χ0v) is 19.0. The Hall–Kier alpha value is -3.75. The Kier molecular flexibility index (Phi) is 8.12. The molecule has 3 aromatic carbocycles. The first-order valence-corrected chi connectivity index (χ1v) is 10.8. The average molecular weight is 477 g/mol. The van der Waals surface area contributed by atoms with Crippen molar-refractivity contribution in [2.45, 2.75) is 12.8 Å². The molecule has 0 radical (unpaired) electrons. The van der Waals surface area contributed by atoms with E-state index in [1.807, 2.05) is 12.1 Å². The van der Waals surface area contributed by atoms with Crippen molar-refractivity contribution in [1.29, 1.82) is 0 Å². The molecule has 0 saturated carbocycles. The molecule has 166 valence electrons. The molecule has 8 heteroatoms. The highest BCUT2D eigenvalue weighted by Crippen LogP contribution is 2.25. The summed E-state index contributed by atoms with van der Waals surface area (Å²) in [6.45, 7) is 0. The van der Waals surface area contributed by atoms with Crippen LogP contribution in [0.1, 0.15) is 43.9 Å². The molecule has 3 rings (SSSR count). The zero-order chi connectivity index (χ0) is 23.8. The van der Waals surface area contributed by atoms with Crippen LogP contribution in [0.15, 0.2) is 78.9 Å². The number of carbonyl (C=O) groups excluding carboxylic acids is 2. The van der Waals surface area contributed by atoms with E-state index in [9.17, 15) is 19.5 Å². The summed E-state index contributed by atoms with van der Waals surface area (Å²) < 4.78 is 0. The maximum Gasteiger partial charge on any atom is 0.335 e. The van der Waals surface area contributed by atoms with Gasteiger partial charge in [-0.25, -0.2) is 4.79 Å². The number of hydrogen-bond acceptors (Lipinski definition) is 5. The van der Waals surface area contributed by atoms with E-state index in [4.69, 9.17) is 24.4 Å². The van der Waals surface area contributed by atoms with E-state index < -0.39 is 5.97 Å². The molecule has 0 aliphatic carbocycles. The van der Waals surface area contributed by atoms with Crippen molar-refractivity contribution >= 4 is 63.3 Å². The summed E-state index contributed by atoms with van der Waals surface area (Å²) in [4.78, 5) is 36.8. The topological polar surface area (TPSA) is 95.5 Å². The van der Waals surface area contributed by atoms with Crippen molar-refractivity contribution in [3.8, 4) is 0 Å². The van der Waals surface area contributed by atoms with Gasteiger partial charge in [0.2, 0.25) is 0 Å². The fraction of sp³-hybridized carbons (Fsp3) is 0.0800. The number of Topliss-reactive ketones (excluding diaryl/α,β-unsaturated/α-hetero) is 2. The van der Waals surface area contributed by atoms with Crippen molar-refractivity contribution < 1.29 is 19.5 Å². The number of carboxylic acids is 1. The first-order valence-electron chi connectivity index (χ1n) is 9.97. The van der Waals surface area contributed by atoms with Crippen LogP contribution in [0.5, 0.6) is 0 Å². The number of carboxylic acid groups (broad SMARTS) is 1. The van der Waals surface area contributed by atoms with Gasteiger partial charge in [0.1, 0.15) is 0 Å². The van der Waals surface area contributed by atoms with E-state index in [0.717, 1.165) is 0 Å². The van der Waals surface area contributed by atoms with Crippen molar-refractivity contribution in [1.82, 2.24) is 0 Å². The van der Waals surface area contributed by atoms with Crippen molar-refractivity contribution in [3.05, 3.63) is 95.6 Å². The summed E-state index contributed by atoms with van der Waals surface area (Å²) in [6.07, 6.45) is -0.0660. The number of carbonyl (C=O) groups is 3. The molecule has 0 aliphatic rings. The van der Waals surface area contributed by atoms with Crippen LogP contribution in [-0.2, 0) is 0 Å². The van der Waals surface area contributed by atoms with Gasteiger partial charge in [-0.05, 0) is 18.2 Å². The van der Waals surface area contributed by atoms with Crippen molar-refractivity contribution in [2.75, 3.05) is 10.6 Å². The molecule has 3 aromatic rings. The molecule has 0 aliphatic heterocycles. The molecule has 33 heavy (non-hydrogen) atoms. The molecule has 0 atom stereocenters. The zero-order valence-electron chi connectivity index (χ0n) is 17.4. The molecule has 0 spiro atoms. The molecule has 0 aromatic heterocycles. The third kappa shape index (κ3) is 6.86. The monoisotopic (exact) mass is 476 g/mol. The molecule has 0 bridgehead atoms. The van der Waals surface area contributed by atoms with Crippen LogP contribution >= 0.6 is 24.4 Å². The lowest BCUT2D eigenvalue weighted by molar-refractivity contribution is 0.0696. The number of ketones is 2. The number of nitrogens with one attached hydrogen (secondary N) is 2. The van der Waals surface area contributed by atoms with Crippen LogP contribution in [-0.4, -0.2) is 32.6 Å². The Morgan fingerprint density at radius 2 is 1.09 bits per heavy atom. The summed E-state index contributed by atoms with van der Waals surface area (Å²) in [7, 11) is 0. The Morgan fingerprint density at radius 1 is 0.636 bits per heavy atom. The first kappa shape index (κ1) is 23.9. The highest BCUT2D eigenvalue weighted by Gasteiger charge is 2.15. The van der Waals surface area contributed by atoms with Gasteiger partial charge in [0.15, 0.2) is 11.6 Å². The quantitative estimate of drug-likeness (QED) is 0.279. The Balaban J connectivity index is 1.73. The maximum absolute atomic E-state index is 12.4. The van der Waals surface area contributed by atoms with Crippen LogP contribution in [0.4, 0.5) is 11.4 Å². The first-order chi connectivity index (χ1) is 15.8. The number of rotatable bonds is 9. The van der Waals surface area contributed by atoms with E-state index in [2.05, 4.69) is 10.6 Å². The van der Waals surface area contributed by atoms with Gasteiger partial charge in [-0.15, -0.1) is 0 Å². The molecule has 0 heterocycles. The van der Waals surface area contributed by atoms with Gasteiger partial charge < -0.3 is 15.7 Å². The van der Waals surface area contributed by atoms with Gasteiger partial charge in [0.05, 0.1) is 39.8 Å². The highest BCUT2D eigenvalue weighted by molar-refractivity contribution is 7.80. The summed E-state index contributed by atoms with van der Waals surface area (Å²) in [5, 5.41) is 15.3. The molecule has 0 amide bonds. The van der Waals surface area contributed by atoms with Gasteiger partial charge in [0, 0.05) is 11.1 Å². The highest BCUT2D eigenvalue weighted by atomic mass is 32.1. The van der Waals surface area contributed by atoms with E-state index in [0.29, 0.717) is 22.5 Å². The largest absolute Gasteiger partial charge is 0.478 e. The van der Waals surface area contributed by atoms with Gasteiger partial charge in [0.25, 0.3) is 0 Å². The fourth-order valence-corrected chi connectivity index (χ4v) is 3.50. The van der Waals surface area contributed by atoms with Crippen LogP contribution in [0.3, 0.4) is 0 Å².